The fourth-order valence-electron chi connectivity index (χ4n) is 4.37. The summed E-state index contributed by atoms with van der Waals surface area (Å²) in [6, 6.07) is 6.79. The Morgan fingerprint density at radius 2 is 1.94 bits per heavy atom. The van der Waals surface area contributed by atoms with Crippen molar-refractivity contribution < 1.29 is 14.3 Å². The number of carbonyl (C=O) groups excluding carboxylic acids is 2. The molecule has 0 unspecified atom stereocenters. The molecule has 2 aromatic rings. The summed E-state index contributed by atoms with van der Waals surface area (Å²) < 4.78 is 5.48. The molecule has 3 rings (SSSR count). The first-order chi connectivity index (χ1) is 17.0. The van der Waals surface area contributed by atoms with Gasteiger partial charge in [0.05, 0.1) is 0 Å². The SMILES string of the molecule is CCCC[C@H](C(=O)NC1CCCC1)N(CCCOCC)C(=O)Cn1nnc(-c2ccc(Cl)cc2)n1. The molecule has 1 heterocycles. The molecule has 1 aromatic carbocycles. The van der Waals surface area contributed by atoms with Crippen molar-refractivity contribution in [1.82, 2.24) is 30.4 Å². The van der Waals surface area contributed by atoms with Crippen molar-refractivity contribution in [3.63, 3.8) is 0 Å². The van der Waals surface area contributed by atoms with Gasteiger partial charge < -0.3 is 15.0 Å². The lowest BCUT2D eigenvalue weighted by atomic mass is 10.1. The van der Waals surface area contributed by atoms with E-state index in [0.717, 1.165) is 44.1 Å². The predicted octanol–water partition coefficient (Wildman–Crippen LogP) is 3.87. The van der Waals surface area contributed by atoms with Gasteiger partial charge in [-0.1, -0.05) is 44.2 Å². The number of aromatic nitrogens is 4. The summed E-state index contributed by atoms with van der Waals surface area (Å²) in [5.41, 5.74) is 0.762. The van der Waals surface area contributed by atoms with Crippen molar-refractivity contribution >= 4 is 23.4 Å². The third-order valence-corrected chi connectivity index (χ3v) is 6.51. The number of carbonyl (C=O) groups is 2. The van der Waals surface area contributed by atoms with E-state index in [4.69, 9.17) is 16.3 Å². The van der Waals surface area contributed by atoms with Crippen molar-refractivity contribution in [3.05, 3.63) is 29.3 Å². The van der Waals surface area contributed by atoms with E-state index < -0.39 is 6.04 Å². The second-order valence-corrected chi connectivity index (χ2v) is 9.37. The maximum absolute atomic E-state index is 13.5. The van der Waals surface area contributed by atoms with Gasteiger partial charge in [-0.15, -0.1) is 10.2 Å². The number of hydrogen-bond donors (Lipinski definition) is 1. The van der Waals surface area contributed by atoms with Gasteiger partial charge in [0.1, 0.15) is 12.6 Å². The Morgan fingerprint density at radius 3 is 2.63 bits per heavy atom. The van der Waals surface area contributed by atoms with E-state index >= 15 is 0 Å². The van der Waals surface area contributed by atoms with Gasteiger partial charge in [-0.05, 0) is 62.1 Å². The third-order valence-electron chi connectivity index (χ3n) is 6.26. The van der Waals surface area contributed by atoms with Crippen LogP contribution < -0.4 is 5.32 Å². The largest absolute Gasteiger partial charge is 0.382 e. The second kappa shape index (κ2) is 14.1. The number of hydrogen-bond acceptors (Lipinski definition) is 6. The molecule has 2 amide bonds. The number of unbranched alkanes of at least 4 members (excludes halogenated alkanes) is 1. The minimum Gasteiger partial charge on any atom is -0.382 e. The molecule has 1 saturated carbocycles. The van der Waals surface area contributed by atoms with Gasteiger partial charge in [0.25, 0.3) is 0 Å². The van der Waals surface area contributed by atoms with Crippen LogP contribution in [0.5, 0.6) is 0 Å². The minimum absolute atomic E-state index is 0.0662. The van der Waals surface area contributed by atoms with E-state index in [-0.39, 0.29) is 24.4 Å². The molecular weight excluding hydrogens is 468 g/mol. The molecule has 0 spiro atoms. The van der Waals surface area contributed by atoms with Crippen LogP contribution >= 0.6 is 11.6 Å². The van der Waals surface area contributed by atoms with E-state index in [1.165, 1.54) is 4.80 Å². The first-order valence-electron chi connectivity index (χ1n) is 12.7. The third kappa shape index (κ3) is 8.28. The molecule has 0 radical (unpaired) electrons. The molecule has 10 heteroatoms. The number of halogens is 1. The number of nitrogens with zero attached hydrogens (tertiary/aromatic N) is 5. The van der Waals surface area contributed by atoms with Gasteiger partial charge in [0, 0.05) is 36.4 Å². The molecule has 192 valence electrons. The molecule has 35 heavy (non-hydrogen) atoms. The Balaban J connectivity index is 1.74. The van der Waals surface area contributed by atoms with Crippen LogP contribution in [0.25, 0.3) is 11.4 Å². The summed E-state index contributed by atoms with van der Waals surface area (Å²) in [5, 5.41) is 16.3. The van der Waals surface area contributed by atoms with Crippen molar-refractivity contribution in [3.8, 4) is 11.4 Å². The topological polar surface area (TPSA) is 102 Å². The first-order valence-corrected chi connectivity index (χ1v) is 13.1. The molecule has 0 saturated heterocycles. The average Bonchev–Trinajstić information content (AvgIpc) is 3.53. The van der Waals surface area contributed by atoms with E-state index in [9.17, 15) is 9.59 Å². The van der Waals surface area contributed by atoms with Gasteiger partial charge in [-0.3, -0.25) is 9.59 Å². The molecule has 9 nitrogen and oxygen atoms in total. The fourth-order valence-corrected chi connectivity index (χ4v) is 4.49. The average molecular weight is 505 g/mol. The van der Waals surface area contributed by atoms with Crippen LogP contribution in [0.1, 0.15) is 65.2 Å². The summed E-state index contributed by atoms with van der Waals surface area (Å²) in [7, 11) is 0. The zero-order valence-corrected chi connectivity index (χ0v) is 21.5. The van der Waals surface area contributed by atoms with Gasteiger partial charge in [-0.25, -0.2) is 0 Å². The van der Waals surface area contributed by atoms with E-state index in [0.29, 0.717) is 43.4 Å². The van der Waals surface area contributed by atoms with Gasteiger partial charge >= 0.3 is 0 Å². The van der Waals surface area contributed by atoms with Crippen molar-refractivity contribution in [2.45, 2.75) is 83.8 Å². The second-order valence-electron chi connectivity index (χ2n) is 8.94. The summed E-state index contributed by atoms with van der Waals surface area (Å²) in [6.45, 7) is 5.53. The molecule has 0 aliphatic heterocycles. The van der Waals surface area contributed by atoms with Crippen LogP contribution in [0, 0.1) is 0 Å². The summed E-state index contributed by atoms with van der Waals surface area (Å²) in [4.78, 5) is 29.8. The molecule has 1 N–H and O–H groups in total. The number of benzene rings is 1. The number of amides is 2. The lowest BCUT2D eigenvalue weighted by molar-refractivity contribution is -0.142. The molecule has 1 aliphatic carbocycles. The van der Waals surface area contributed by atoms with Crippen LogP contribution in [0.15, 0.2) is 24.3 Å². The normalized spacial score (nSPS) is 14.7. The van der Waals surface area contributed by atoms with E-state index in [1.807, 2.05) is 6.92 Å². The highest BCUT2D eigenvalue weighted by Gasteiger charge is 2.31. The molecule has 1 aliphatic rings. The van der Waals surface area contributed by atoms with Crippen LogP contribution in [0.4, 0.5) is 0 Å². The van der Waals surface area contributed by atoms with Crippen LogP contribution in [0.2, 0.25) is 5.02 Å². The van der Waals surface area contributed by atoms with E-state index in [2.05, 4.69) is 27.7 Å². The fraction of sp³-hybridized carbons (Fsp3) is 0.640. The minimum atomic E-state index is -0.524. The Morgan fingerprint density at radius 1 is 1.20 bits per heavy atom. The van der Waals surface area contributed by atoms with Crippen LogP contribution in [-0.2, 0) is 20.9 Å². The smallest absolute Gasteiger partial charge is 0.246 e. The summed E-state index contributed by atoms with van der Waals surface area (Å²) >= 11 is 5.96. The van der Waals surface area contributed by atoms with Crippen molar-refractivity contribution in [2.24, 2.45) is 0 Å². The number of nitrogens with one attached hydrogen (secondary N) is 1. The maximum Gasteiger partial charge on any atom is 0.246 e. The molecule has 1 atom stereocenters. The van der Waals surface area contributed by atoms with Crippen LogP contribution in [-0.4, -0.2) is 68.8 Å². The number of rotatable bonds is 14. The Kier molecular flexibility index (Phi) is 10.9. The molecule has 1 fully saturated rings. The Bertz CT molecular complexity index is 930. The standard InChI is InChI=1S/C25H37ClN6O3/c1-3-5-11-22(25(34)27-21-9-6-7-10-21)31(16-8-17-35-4-2)23(33)18-32-29-24(28-30-32)19-12-14-20(26)15-13-19/h12-15,21-22H,3-11,16-18H2,1-2H3,(H,27,34)/t22-/m1/s1. The van der Waals surface area contributed by atoms with Crippen molar-refractivity contribution in [1.29, 1.82) is 0 Å². The zero-order valence-electron chi connectivity index (χ0n) is 20.8. The van der Waals surface area contributed by atoms with E-state index in [1.54, 1.807) is 29.2 Å². The van der Waals surface area contributed by atoms with Gasteiger partial charge in [0.2, 0.25) is 17.6 Å². The molecular formula is C25H37ClN6O3. The van der Waals surface area contributed by atoms with Crippen LogP contribution in [0.3, 0.4) is 0 Å². The predicted molar refractivity (Wildman–Crippen MR) is 135 cm³/mol. The van der Waals surface area contributed by atoms with Gasteiger partial charge in [-0.2, -0.15) is 4.80 Å². The number of tetrazole rings is 1. The van der Waals surface area contributed by atoms with Gasteiger partial charge in [0.15, 0.2) is 0 Å². The summed E-state index contributed by atoms with van der Waals surface area (Å²) in [6.07, 6.45) is 7.35. The van der Waals surface area contributed by atoms with Crippen molar-refractivity contribution in [2.75, 3.05) is 19.8 Å². The highest BCUT2D eigenvalue weighted by molar-refractivity contribution is 6.30. The zero-order chi connectivity index (χ0) is 25.0. The maximum atomic E-state index is 13.5. The Hall–Kier alpha value is -2.52. The molecule has 0 bridgehead atoms. The first kappa shape index (κ1) is 27.1. The number of ether oxygens (including phenoxy) is 1. The quantitative estimate of drug-likeness (QED) is 0.392. The lowest BCUT2D eigenvalue weighted by Gasteiger charge is -2.32. The highest BCUT2D eigenvalue weighted by atomic mass is 35.5. The summed E-state index contributed by atoms with van der Waals surface area (Å²) in [5.74, 6) is 0.145. The Labute approximate surface area is 212 Å². The highest BCUT2D eigenvalue weighted by Crippen LogP contribution is 2.20. The lowest BCUT2D eigenvalue weighted by Crippen LogP contribution is -2.52. The molecule has 1 aromatic heterocycles. The monoisotopic (exact) mass is 504 g/mol.